The van der Waals surface area contributed by atoms with Crippen LogP contribution in [-0.2, 0) is 10.2 Å². The quantitative estimate of drug-likeness (QED) is 0.764. The molecule has 0 saturated carbocycles. The van der Waals surface area contributed by atoms with Gasteiger partial charge in [0.1, 0.15) is 0 Å². The second kappa shape index (κ2) is 6.84. The molecule has 0 aromatic carbocycles. The smallest absolute Gasteiger partial charge is 0.280 e. The van der Waals surface area contributed by atoms with E-state index >= 15 is 0 Å². The predicted octanol–water partition coefficient (Wildman–Crippen LogP) is 1.10. The van der Waals surface area contributed by atoms with E-state index in [2.05, 4.69) is 4.72 Å². The molecule has 2 atom stereocenters. The second-order valence-corrected chi connectivity index (χ2v) is 6.98. The van der Waals surface area contributed by atoms with Gasteiger partial charge in [0.25, 0.3) is 10.2 Å². The number of hydrogen-bond donors (Lipinski definition) is 2. The van der Waals surface area contributed by atoms with Gasteiger partial charge < -0.3 is 5.11 Å². The highest BCUT2D eigenvalue weighted by atomic mass is 32.2. The number of piperidine rings is 1. The molecule has 1 fully saturated rings. The van der Waals surface area contributed by atoms with E-state index in [9.17, 15) is 13.5 Å². The van der Waals surface area contributed by atoms with E-state index in [4.69, 9.17) is 0 Å². The number of hydrogen-bond acceptors (Lipinski definition) is 3. The van der Waals surface area contributed by atoms with Crippen molar-refractivity contribution in [3.05, 3.63) is 0 Å². The summed E-state index contributed by atoms with van der Waals surface area (Å²) in [7, 11) is -3.48. The normalized spacial score (nSPS) is 24.4. The van der Waals surface area contributed by atoms with Crippen molar-refractivity contribution in [2.45, 2.75) is 58.5 Å². The zero-order valence-corrected chi connectivity index (χ0v) is 12.4. The topological polar surface area (TPSA) is 69.6 Å². The van der Waals surface area contributed by atoms with E-state index in [1.165, 1.54) is 4.31 Å². The number of nitrogens with one attached hydrogen (secondary N) is 1. The van der Waals surface area contributed by atoms with Crippen LogP contribution in [0.15, 0.2) is 0 Å². The fraction of sp³-hybridized carbons (Fsp3) is 1.00. The Labute approximate surface area is 111 Å². The van der Waals surface area contributed by atoms with E-state index in [-0.39, 0.29) is 24.6 Å². The summed E-state index contributed by atoms with van der Waals surface area (Å²) < 4.78 is 28.9. The Kier molecular flexibility index (Phi) is 6.04. The molecule has 1 saturated heterocycles. The van der Waals surface area contributed by atoms with Gasteiger partial charge in [0.2, 0.25) is 0 Å². The standard InChI is InChI=1S/C12H26N2O3S/c1-4-12(10(2)3)13-18(16,17)14-8-6-5-7-11(14)9-15/h10-13,15H,4-9H2,1-3H3. The van der Waals surface area contributed by atoms with Crippen LogP contribution in [0.5, 0.6) is 0 Å². The second-order valence-electron chi connectivity index (χ2n) is 5.32. The van der Waals surface area contributed by atoms with Gasteiger partial charge in [-0.2, -0.15) is 17.4 Å². The molecular formula is C12H26N2O3S. The van der Waals surface area contributed by atoms with Crippen molar-refractivity contribution >= 4 is 10.2 Å². The Morgan fingerprint density at radius 2 is 2.06 bits per heavy atom. The SMILES string of the molecule is CCC(NS(=O)(=O)N1CCCCC1CO)C(C)C. The van der Waals surface area contributed by atoms with Crippen molar-refractivity contribution in [2.75, 3.05) is 13.2 Å². The van der Waals surface area contributed by atoms with Gasteiger partial charge in [0.05, 0.1) is 6.61 Å². The molecule has 1 rings (SSSR count). The van der Waals surface area contributed by atoms with Crippen LogP contribution in [0.1, 0.15) is 46.5 Å². The van der Waals surface area contributed by atoms with Gasteiger partial charge >= 0.3 is 0 Å². The Hall–Kier alpha value is -0.170. The van der Waals surface area contributed by atoms with Gasteiger partial charge in [-0.25, -0.2) is 0 Å². The van der Waals surface area contributed by atoms with Crippen molar-refractivity contribution in [1.82, 2.24) is 9.03 Å². The molecule has 1 aliphatic rings. The minimum atomic E-state index is -3.48. The minimum Gasteiger partial charge on any atom is -0.395 e. The molecule has 6 heteroatoms. The van der Waals surface area contributed by atoms with Crippen LogP contribution in [0.25, 0.3) is 0 Å². The van der Waals surface area contributed by atoms with Gasteiger partial charge in [-0.15, -0.1) is 0 Å². The minimum absolute atomic E-state index is 0.0451. The summed E-state index contributed by atoms with van der Waals surface area (Å²) in [4.78, 5) is 0. The highest BCUT2D eigenvalue weighted by Gasteiger charge is 2.33. The summed E-state index contributed by atoms with van der Waals surface area (Å²) in [6.45, 7) is 6.41. The van der Waals surface area contributed by atoms with Crippen molar-refractivity contribution in [3.63, 3.8) is 0 Å². The number of aliphatic hydroxyl groups is 1. The summed E-state index contributed by atoms with van der Waals surface area (Å²) in [5.41, 5.74) is 0. The van der Waals surface area contributed by atoms with Crippen LogP contribution in [-0.4, -0.2) is 43.1 Å². The van der Waals surface area contributed by atoms with E-state index in [0.717, 1.165) is 25.7 Å². The van der Waals surface area contributed by atoms with E-state index < -0.39 is 10.2 Å². The number of rotatable bonds is 6. The van der Waals surface area contributed by atoms with Crippen LogP contribution in [0.2, 0.25) is 0 Å². The molecule has 2 N–H and O–H groups in total. The van der Waals surface area contributed by atoms with E-state index in [1.54, 1.807) is 0 Å². The number of nitrogens with zero attached hydrogens (tertiary/aromatic N) is 1. The molecule has 0 aromatic rings. The summed E-state index contributed by atoms with van der Waals surface area (Å²) in [6.07, 6.45) is 3.37. The first-order chi connectivity index (χ1) is 8.42. The first-order valence-corrected chi connectivity index (χ1v) is 8.26. The summed E-state index contributed by atoms with van der Waals surface area (Å²) in [5, 5.41) is 9.29. The molecule has 2 unspecified atom stereocenters. The molecule has 1 heterocycles. The maximum absolute atomic E-state index is 12.3. The van der Waals surface area contributed by atoms with Gasteiger partial charge in [0.15, 0.2) is 0 Å². The third-order valence-corrected chi connectivity index (χ3v) is 5.34. The van der Waals surface area contributed by atoms with Crippen LogP contribution in [0.4, 0.5) is 0 Å². The third kappa shape index (κ3) is 3.91. The maximum atomic E-state index is 12.3. The average Bonchev–Trinajstić information content (AvgIpc) is 2.35. The zero-order chi connectivity index (χ0) is 13.8. The highest BCUT2D eigenvalue weighted by Crippen LogP contribution is 2.20. The molecule has 18 heavy (non-hydrogen) atoms. The summed E-state index contributed by atoms with van der Waals surface area (Å²) in [5.74, 6) is 0.266. The van der Waals surface area contributed by atoms with Crippen LogP contribution in [0, 0.1) is 5.92 Å². The molecule has 1 aliphatic heterocycles. The summed E-state index contributed by atoms with van der Waals surface area (Å²) >= 11 is 0. The van der Waals surface area contributed by atoms with Gasteiger partial charge in [-0.3, -0.25) is 0 Å². The van der Waals surface area contributed by atoms with Gasteiger partial charge in [-0.1, -0.05) is 27.2 Å². The van der Waals surface area contributed by atoms with Crippen LogP contribution in [0.3, 0.4) is 0 Å². The van der Waals surface area contributed by atoms with E-state index in [0.29, 0.717) is 6.54 Å². The first-order valence-electron chi connectivity index (χ1n) is 6.82. The Morgan fingerprint density at radius 3 is 2.56 bits per heavy atom. The largest absolute Gasteiger partial charge is 0.395 e. The molecule has 0 aromatic heterocycles. The molecule has 0 amide bonds. The monoisotopic (exact) mass is 278 g/mol. The number of aliphatic hydroxyl groups excluding tert-OH is 1. The van der Waals surface area contributed by atoms with Crippen LogP contribution < -0.4 is 4.72 Å². The Balaban J connectivity index is 2.77. The van der Waals surface area contributed by atoms with Gasteiger partial charge in [0, 0.05) is 18.6 Å². The zero-order valence-electron chi connectivity index (χ0n) is 11.6. The lowest BCUT2D eigenvalue weighted by Crippen LogP contribution is -2.53. The van der Waals surface area contributed by atoms with Gasteiger partial charge in [-0.05, 0) is 25.2 Å². The summed E-state index contributed by atoms with van der Waals surface area (Å²) in [6, 6.07) is -0.308. The van der Waals surface area contributed by atoms with E-state index in [1.807, 2.05) is 20.8 Å². The average molecular weight is 278 g/mol. The Morgan fingerprint density at radius 1 is 1.39 bits per heavy atom. The van der Waals surface area contributed by atoms with Crippen molar-refractivity contribution in [3.8, 4) is 0 Å². The molecule has 5 nitrogen and oxygen atoms in total. The molecule has 0 bridgehead atoms. The van der Waals surface area contributed by atoms with Crippen molar-refractivity contribution < 1.29 is 13.5 Å². The molecular weight excluding hydrogens is 252 g/mol. The first kappa shape index (κ1) is 15.9. The lowest BCUT2D eigenvalue weighted by atomic mass is 10.0. The van der Waals surface area contributed by atoms with Crippen molar-refractivity contribution in [1.29, 1.82) is 0 Å². The fourth-order valence-corrected chi connectivity index (χ4v) is 4.31. The fourth-order valence-electron chi connectivity index (χ4n) is 2.42. The maximum Gasteiger partial charge on any atom is 0.280 e. The molecule has 0 aliphatic carbocycles. The predicted molar refractivity (Wildman–Crippen MR) is 72.4 cm³/mol. The molecule has 0 radical (unpaired) electrons. The highest BCUT2D eigenvalue weighted by molar-refractivity contribution is 7.87. The Bertz CT molecular complexity index is 343. The third-order valence-electron chi connectivity index (χ3n) is 3.64. The lowest BCUT2D eigenvalue weighted by Gasteiger charge is -2.35. The lowest BCUT2D eigenvalue weighted by molar-refractivity contribution is 0.153. The molecule has 0 spiro atoms. The van der Waals surface area contributed by atoms with Crippen molar-refractivity contribution in [2.24, 2.45) is 5.92 Å². The molecule has 108 valence electrons. The van der Waals surface area contributed by atoms with Crippen LogP contribution >= 0.6 is 0 Å².